The number of aromatic nitrogens is 2. The van der Waals surface area contributed by atoms with E-state index >= 15 is 0 Å². The van der Waals surface area contributed by atoms with Gasteiger partial charge < -0.3 is 10.4 Å². The topological polar surface area (TPSA) is 84.2 Å². The molecule has 6 nitrogen and oxygen atoms in total. The number of carboxylic acid groups (broad SMARTS) is 1. The molecule has 2 rings (SSSR count). The molecule has 0 aliphatic heterocycles. The number of nitrogens with one attached hydrogen (secondary N) is 1. The van der Waals surface area contributed by atoms with Crippen molar-refractivity contribution in [1.29, 1.82) is 0 Å². The van der Waals surface area contributed by atoms with Gasteiger partial charge in [0.05, 0.1) is 6.20 Å². The lowest BCUT2D eigenvalue weighted by atomic mass is 10.1. The number of nitrogens with zero attached hydrogens (tertiary/aromatic N) is 2. The zero-order valence-corrected chi connectivity index (χ0v) is 10.3. The molecule has 0 spiro atoms. The Morgan fingerprint density at radius 2 is 2.16 bits per heavy atom. The fraction of sp³-hybridized carbons (Fsp3) is 0.154. The third kappa shape index (κ3) is 3.19. The Balaban J connectivity index is 2.19. The first-order valence-corrected chi connectivity index (χ1v) is 5.65. The average molecular weight is 259 g/mol. The Morgan fingerprint density at radius 1 is 1.37 bits per heavy atom. The van der Waals surface area contributed by atoms with E-state index in [2.05, 4.69) is 10.4 Å². The monoisotopic (exact) mass is 259 g/mol. The first-order chi connectivity index (χ1) is 9.06. The molecule has 0 saturated carbocycles. The van der Waals surface area contributed by atoms with E-state index in [-0.39, 0.29) is 0 Å². The molecule has 6 heteroatoms. The molecule has 0 fully saturated rings. The van der Waals surface area contributed by atoms with Gasteiger partial charge in [-0.3, -0.25) is 14.3 Å². The summed E-state index contributed by atoms with van der Waals surface area (Å²) >= 11 is 0. The molecule has 0 radical (unpaired) electrons. The Morgan fingerprint density at radius 3 is 2.79 bits per heavy atom. The minimum Gasteiger partial charge on any atom is -0.480 e. The minimum absolute atomic E-state index is 0.393. The summed E-state index contributed by atoms with van der Waals surface area (Å²) in [5, 5.41) is 14.9. The molecule has 2 aromatic rings. The zero-order valence-electron chi connectivity index (χ0n) is 10.3. The van der Waals surface area contributed by atoms with Crippen molar-refractivity contribution in [3.63, 3.8) is 0 Å². The highest BCUT2D eigenvalue weighted by atomic mass is 16.4. The van der Waals surface area contributed by atoms with Gasteiger partial charge in [0, 0.05) is 24.4 Å². The highest BCUT2D eigenvalue weighted by Gasteiger charge is 2.09. The Hall–Kier alpha value is -2.63. The molecule has 1 amide bonds. The molecular formula is C13H13N3O3. The normalized spacial score (nSPS) is 10.2. The van der Waals surface area contributed by atoms with E-state index in [1.165, 1.54) is 0 Å². The van der Waals surface area contributed by atoms with Gasteiger partial charge in [-0.1, -0.05) is 12.1 Å². The average Bonchev–Trinajstić information content (AvgIpc) is 2.83. The highest BCUT2D eigenvalue weighted by molar-refractivity contribution is 5.96. The van der Waals surface area contributed by atoms with Crippen LogP contribution in [0.25, 0.3) is 11.1 Å². The smallest absolute Gasteiger partial charge is 0.322 e. The van der Waals surface area contributed by atoms with Gasteiger partial charge in [-0.15, -0.1) is 0 Å². The van der Waals surface area contributed by atoms with Crippen molar-refractivity contribution in [2.45, 2.75) is 0 Å². The summed E-state index contributed by atoms with van der Waals surface area (Å²) < 4.78 is 1.67. The first kappa shape index (κ1) is 12.8. The van der Waals surface area contributed by atoms with Gasteiger partial charge in [0.1, 0.15) is 6.54 Å². The van der Waals surface area contributed by atoms with Crippen molar-refractivity contribution < 1.29 is 14.7 Å². The molecule has 0 atom stereocenters. The lowest BCUT2D eigenvalue weighted by Gasteiger charge is -2.04. The van der Waals surface area contributed by atoms with Gasteiger partial charge in [0.2, 0.25) is 0 Å². The van der Waals surface area contributed by atoms with Crippen molar-refractivity contribution in [2.24, 2.45) is 7.05 Å². The van der Waals surface area contributed by atoms with Crippen LogP contribution in [-0.4, -0.2) is 33.3 Å². The molecule has 0 saturated heterocycles. The van der Waals surface area contributed by atoms with Crippen LogP contribution < -0.4 is 5.32 Å². The molecule has 0 aliphatic rings. The van der Waals surface area contributed by atoms with Crippen molar-refractivity contribution in [3.05, 3.63) is 42.2 Å². The fourth-order valence-electron chi connectivity index (χ4n) is 1.67. The number of amides is 1. The van der Waals surface area contributed by atoms with Gasteiger partial charge in [-0.25, -0.2) is 0 Å². The maximum absolute atomic E-state index is 11.7. The quantitative estimate of drug-likeness (QED) is 0.854. The van der Waals surface area contributed by atoms with Gasteiger partial charge >= 0.3 is 5.97 Å². The van der Waals surface area contributed by atoms with Crippen LogP contribution in [0.3, 0.4) is 0 Å². The molecular weight excluding hydrogens is 246 g/mol. The summed E-state index contributed by atoms with van der Waals surface area (Å²) in [6, 6.07) is 6.95. The van der Waals surface area contributed by atoms with Crippen molar-refractivity contribution >= 4 is 11.9 Å². The molecule has 2 N–H and O–H groups in total. The minimum atomic E-state index is -1.07. The van der Waals surface area contributed by atoms with Crippen LogP contribution in [0.4, 0.5) is 0 Å². The van der Waals surface area contributed by atoms with Crippen molar-refractivity contribution in [3.8, 4) is 11.1 Å². The number of carbonyl (C=O) groups excluding carboxylic acids is 1. The second-order valence-corrected chi connectivity index (χ2v) is 4.06. The predicted molar refractivity (Wildman–Crippen MR) is 68.6 cm³/mol. The van der Waals surface area contributed by atoms with Crippen LogP contribution in [0.2, 0.25) is 0 Å². The highest BCUT2D eigenvalue weighted by Crippen LogP contribution is 2.19. The molecule has 1 aromatic heterocycles. The Bertz CT molecular complexity index is 619. The van der Waals surface area contributed by atoms with E-state index in [1.54, 1.807) is 29.1 Å². The number of aryl methyl sites for hydroxylation is 1. The van der Waals surface area contributed by atoms with E-state index in [0.717, 1.165) is 11.1 Å². The summed E-state index contributed by atoms with van der Waals surface area (Å²) in [6.45, 7) is -0.393. The Kier molecular flexibility index (Phi) is 3.61. The van der Waals surface area contributed by atoms with Crippen LogP contribution >= 0.6 is 0 Å². The molecule has 0 bridgehead atoms. The maximum atomic E-state index is 11.7. The number of carboxylic acids is 1. The molecule has 98 valence electrons. The van der Waals surface area contributed by atoms with Gasteiger partial charge in [0.15, 0.2) is 0 Å². The lowest BCUT2D eigenvalue weighted by molar-refractivity contribution is -0.135. The van der Waals surface area contributed by atoms with Crippen LogP contribution in [0, 0.1) is 0 Å². The standard InChI is InChI=1S/C13H13N3O3/c1-16-8-11(6-15-16)9-3-2-4-10(5-9)13(19)14-7-12(17)18/h2-6,8H,7H2,1H3,(H,14,19)(H,17,18). The summed E-state index contributed by atoms with van der Waals surface area (Å²) in [4.78, 5) is 22.1. The van der Waals surface area contributed by atoms with Crippen LogP contribution in [0.15, 0.2) is 36.7 Å². The largest absolute Gasteiger partial charge is 0.480 e. The third-order valence-electron chi connectivity index (χ3n) is 2.56. The van der Waals surface area contributed by atoms with Gasteiger partial charge in [0.25, 0.3) is 5.91 Å². The number of benzene rings is 1. The number of rotatable bonds is 4. The number of hydrogen-bond donors (Lipinski definition) is 2. The molecule has 0 unspecified atom stereocenters. The molecule has 19 heavy (non-hydrogen) atoms. The predicted octanol–water partition coefficient (Wildman–Crippen LogP) is 0.901. The van der Waals surface area contributed by atoms with E-state index < -0.39 is 18.4 Å². The van der Waals surface area contributed by atoms with E-state index in [9.17, 15) is 9.59 Å². The third-order valence-corrected chi connectivity index (χ3v) is 2.56. The maximum Gasteiger partial charge on any atom is 0.322 e. The molecule has 1 heterocycles. The molecule has 0 aliphatic carbocycles. The number of aliphatic carboxylic acids is 1. The second kappa shape index (κ2) is 5.34. The van der Waals surface area contributed by atoms with Crippen molar-refractivity contribution in [2.75, 3.05) is 6.54 Å². The van der Waals surface area contributed by atoms with E-state index in [0.29, 0.717) is 5.56 Å². The summed E-state index contributed by atoms with van der Waals surface area (Å²) in [5.74, 6) is -1.48. The SMILES string of the molecule is Cn1cc(-c2cccc(C(=O)NCC(=O)O)c2)cn1. The second-order valence-electron chi connectivity index (χ2n) is 4.06. The first-order valence-electron chi connectivity index (χ1n) is 5.65. The van der Waals surface area contributed by atoms with Crippen LogP contribution in [0.1, 0.15) is 10.4 Å². The van der Waals surface area contributed by atoms with Crippen LogP contribution in [0.5, 0.6) is 0 Å². The van der Waals surface area contributed by atoms with E-state index in [4.69, 9.17) is 5.11 Å². The number of carbonyl (C=O) groups is 2. The van der Waals surface area contributed by atoms with Gasteiger partial charge in [-0.05, 0) is 17.7 Å². The molecule has 1 aromatic carbocycles. The van der Waals surface area contributed by atoms with Crippen LogP contribution in [-0.2, 0) is 11.8 Å². The van der Waals surface area contributed by atoms with E-state index in [1.807, 2.05) is 19.3 Å². The fourth-order valence-corrected chi connectivity index (χ4v) is 1.67. The summed E-state index contributed by atoms with van der Waals surface area (Å²) in [7, 11) is 1.81. The Labute approximate surface area is 109 Å². The number of hydrogen-bond acceptors (Lipinski definition) is 3. The summed E-state index contributed by atoms with van der Waals surface area (Å²) in [5.41, 5.74) is 2.18. The van der Waals surface area contributed by atoms with Gasteiger partial charge in [-0.2, -0.15) is 5.10 Å². The zero-order chi connectivity index (χ0) is 13.8. The lowest BCUT2D eigenvalue weighted by Crippen LogP contribution is -2.29. The summed E-state index contributed by atoms with van der Waals surface area (Å²) in [6.07, 6.45) is 3.54. The van der Waals surface area contributed by atoms with Crippen molar-refractivity contribution in [1.82, 2.24) is 15.1 Å².